The number of anilines is 1. The number of halogens is 1. The van der Waals surface area contributed by atoms with Gasteiger partial charge < -0.3 is 15.2 Å². The molecule has 98 valence electrons. The highest BCUT2D eigenvalue weighted by molar-refractivity contribution is 9.10. The van der Waals surface area contributed by atoms with Gasteiger partial charge in [-0.1, -0.05) is 15.9 Å². The zero-order valence-corrected chi connectivity index (χ0v) is 11.7. The minimum absolute atomic E-state index is 0.162. The Balaban J connectivity index is 2.20. The van der Waals surface area contributed by atoms with Gasteiger partial charge >= 0.3 is 5.97 Å². The third-order valence-corrected chi connectivity index (χ3v) is 3.80. The van der Waals surface area contributed by atoms with Gasteiger partial charge in [0.25, 0.3) is 0 Å². The third-order valence-electron chi connectivity index (χ3n) is 3.31. The van der Waals surface area contributed by atoms with Crippen molar-refractivity contribution in [3.63, 3.8) is 0 Å². The van der Waals surface area contributed by atoms with Crippen LogP contribution in [-0.4, -0.2) is 30.3 Å². The Kier molecular flexibility index (Phi) is 4.24. The van der Waals surface area contributed by atoms with E-state index in [0.29, 0.717) is 5.69 Å². The number of hydrogen-bond acceptors (Lipinski definition) is 3. The topological polar surface area (TPSA) is 58.6 Å². The molecular weight excluding hydrogens is 298 g/mol. The van der Waals surface area contributed by atoms with Crippen LogP contribution in [0.15, 0.2) is 22.7 Å². The van der Waals surface area contributed by atoms with Crippen LogP contribution in [0.5, 0.6) is 0 Å². The molecule has 2 N–H and O–H groups in total. The normalized spacial score (nSPS) is 23.0. The molecule has 1 aliphatic carbocycles. The van der Waals surface area contributed by atoms with Gasteiger partial charge in [-0.25, -0.2) is 4.79 Å². The lowest BCUT2D eigenvalue weighted by atomic mass is 10.1. The van der Waals surface area contributed by atoms with Crippen molar-refractivity contribution in [3.05, 3.63) is 28.2 Å². The molecule has 0 aromatic heterocycles. The summed E-state index contributed by atoms with van der Waals surface area (Å²) in [6, 6.07) is 5.43. The molecule has 1 fully saturated rings. The molecule has 2 atom stereocenters. The van der Waals surface area contributed by atoms with Crippen LogP contribution >= 0.6 is 15.9 Å². The molecule has 0 saturated heterocycles. The molecule has 0 heterocycles. The first kappa shape index (κ1) is 13.4. The molecule has 5 heteroatoms. The van der Waals surface area contributed by atoms with Crippen molar-refractivity contribution in [2.24, 2.45) is 0 Å². The third kappa shape index (κ3) is 2.84. The molecule has 2 unspecified atom stereocenters. The Morgan fingerprint density at radius 1 is 1.50 bits per heavy atom. The van der Waals surface area contributed by atoms with Crippen molar-refractivity contribution < 1.29 is 14.6 Å². The van der Waals surface area contributed by atoms with Gasteiger partial charge in [0, 0.05) is 17.3 Å². The maximum absolute atomic E-state index is 11.2. The molecule has 1 aromatic carbocycles. The van der Waals surface area contributed by atoms with Crippen LogP contribution in [0.1, 0.15) is 29.6 Å². The van der Waals surface area contributed by atoms with Crippen molar-refractivity contribution in [2.75, 3.05) is 12.4 Å². The molecule has 0 spiro atoms. The van der Waals surface area contributed by atoms with Gasteiger partial charge in [0.2, 0.25) is 0 Å². The average Bonchev–Trinajstić information content (AvgIpc) is 2.78. The van der Waals surface area contributed by atoms with Gasteiger partial charge in [0.05, 0.1) is 17.7 Å². The molecule has 1 aromatic rings. The van der Waals surface area contributed by atoms with Crippen molar-refractivity contribution in [2.45, 2.75) is 31.4 Å². The summed E-state index contributed by atoms with van der Waals surface area (Å²) in [5.74, 6) is -0.925. The lowest BCUT2D eigenvalue weighted by Crippen LogP contribution is -2.30. The van der Waals surface area contributed by atoms with Gasteiger partial charge in [0.15, 0.2) is 0 Å². The predicted molar refractivity (Wildman–Crippen MR) is 73.2 cm³/mol. The number of carboxylic acids is 1. The van der Waals surface area contributed by atoms with E-state index in [1.807, 2.05) is 6.07 Å². The number of hydrogen-bond donors (Lipinski definition) is 2. The number of ether oxygens (including phenoxy) is 1. The van der Waals surface area contributed by atoms with Gasteiger partial charge in [-0.05, 0) is 37.5 Å². The molecule has 0 radical (unpaired) electrons. The van der Waals surface area contributed by atoms with Crippen molar-refractivity contribution >= 4 is 27.6 Å². The summed E-state index contributed by atoms with van der Waals surface area (Å²) in [5, 5.41) is 12.5. The highest BCUT2D eigenvalue weighted by Gasteiger charge is 2.27. The number of aromatic carboxylic acids is 1. The maximum atomic E-state index is 11.2. The molecule has 0 bridgehead atoms. The fourth-order valence-electron chi connectivity index (χ4n) is 2.39. The summed E-state index contributed by atoms with van der Waals surface area (Å²) in [5.41, 5.74) is 0.936. The van der Waals surface area contributed by atoms with E-state index in [9.17, 15) is 9.90 Å². The standard InChI is InChI=1S/C13H16BrNO3/c1-18-12-4-2-3-11(12)15-10-6-5-8(14)7-9(10)13(16)17/h5-7,11-12,15H,2-4H2,1H3,(H,16,17). The lowest BCUT2D eigenvalue weighted by Gasteiger charge is -2.21. The summed E-state index contributed by atoms with van der Waals surface area (Å²) in [4.78, 5) is 11.2. The van der Waals surface area contributed by atoms with E-state index in [1.165, 1.54) is 0 Å². The van der Waals surface area contributed by atoms with Gasteiger partial charge in [-0.15, -0.1) is 0 Å². The predicted octanol–water partition coefficient (Wildman–Crippen LogP) is 3.13. The van der Waals surface area contributed by atoms with E-state index in [4.69, 9.17) is 4.74 Å². The van der Waals surface area contributed by atoms with Crippen LogP contribution in [0.3, 0.4) is 0 Å². The van der Waals surface area contributed by atoms with E-state index in [1.54, 1.807) is 19.2 Å². The SMILES string of the molecule is COC1CCCC1Nc1ccc(Br)cc1C(=O)O. The highest BCUT2D eigenvalue weighted by Crippen LogP contribution is 2.28. The van der Waals surface area contributed by atoms with Gasteiger partial charge in [0.1, 0.15) is 0 Å². The summed E-state index contributed by atoms with van der Waals surface area (Å²) in [7, 11) is 1.70. The van der Waals surface area contributed by atoms with Crippen LogP contribution in [0.2, 0.25) is 0 Å². The second-order valence-electron chi connectivity index (χ2n) is 4.45. The summed E-state index contributed by atoms with van der Waals surface area (Å²) >= 11 is 3.29. The van der Waals surface area contributed by atoms with Crippen molar-refractivity contribution in [1.82, 2.24) is 0 Å². The van der Waals surface area contributed by atoms with E-state index < -0.39 is 5.97 Å². The second-order valence-corrected chi connectivity index (χ2v) is 5.37. The first-order valence-electron chi connectivity index (χ1n) is 5.94. The number of carbonyl (C=O) groups is 1. The van der Waals surface area contributed by atoms with Crippen LogP contribution < -0.4 is 5.32 Å². The van der Waals surface area contributed by atoms with Gasteiger partial charge in [-0.3, -0.25) is 0 Å². The highest BCUT2D eigenvalue weighted by atomic mass is 79.9. The first-order chi connectivity index (χ1) is 8.61. The number of carboxylic acid groups (broad SMARTS) is 1. The van der Waals surface area contributed by atoms with E-state index in [2.05, 4.69) is 21.2 Å². The van der Waals surface area contributed by atoms with E-state index >= 15 is 0 Å². The Morgan fingerprint density at radius 3 is 2.94 bits per heavy atom. The number of methoxy groups -OCH3 is 1. The lowest BCUT2D eigenvalue weighted by molar-refractivity contribution is 0.0697. The van der Waals surface area contributed by atoms with E-state index in [-0.39, 0.29) is 17.7 Å². The minimum Gasteiger partial charge on any atom is -0.478 e. The smallest absolute Gasteiger partial charge is 0.337 e. The van der Waals surface area contributed by atoms with E-state index in [0.717, 1.165) is 23.7 Å². The molecule has 0 aliphatic heterocycles. The first-order valence-corrected chi connectivity index (χ1v) is 6.73. The number of benzene rings is 1. The minimum atomic E-state index is -0.925. The second kappa shape index (κ2) is 5.71. The fraction of sp³-hybridized carbons (Fsp3) is 0.462. The van der Waals surface area contributed by atoms with Crippen LogP contribution in [0.25, 0.3) is 0 Å². The Hall–Kier alpha value is -1.07. The van der Waals surface area contributed by atoms with Gasteiger partial charge in [-0.2, -0.15) is 0 Å². The van der Waals surface area contributed by atoms with Crippen molar-refractivity contribution in [3.8, 4) is 0 Å². The Morgan fingerprint density at radius 2 is 2.28 bits per heavy atom. The van der Waals surface area contributed by atoms with Crippen LogP contribution in [-0.2, 0) is 4.74 Å². The Bertz CT molecular complexity index is 450. The van der Waals surface area contributed by atoms with Crippen LogP contribution in [0.4, 0.5) is 5.69 Å². The average molecular weight is 314 g/mol. The zero-order valence-electron chi connectivity index (χ0n) is 10.1. The molecule has 4 nitrogen and oxygen atoms in total. The molecule has 2 rings (SSSR count). The zero-order chi connectivity index (χ0) is 13.1. The fourth-order valence-corrected chi connectivity index (χ4v) is 2.75. The molecule has 1 saturated carbocycles. The monoisotopic (exact) mass is 313 g/mol. The van der Waals surface area contributed by atoms with Crippen LogP contribution in [0, 0.1) is 0 Å². The summed E-state index contributed by atoms with van der Waals surface area (Å²) in [6.45, 7) is 0. The van der Waals surface area contributed by atoms with Crippen molar-refractivity contribution in [1.29, 1.82) is 0 Å². The summed E-state index contributed by atoms with van der Waals surface area (Å²) < 4.78 is 6.16. The molecular formula is C13H16BrNO3. The number of rotatable bonds is 4. The largest absolute Gasteiger partial charge is 0.478 e. The molecule has 18 heavy (non-hydrogen) atoms. The molecule has 0 amide bonds. The maximum Gasteiger partial charge on any atom is 0.337 e. The quantitative estimate of drug-likeness (QED) is 0.896. The molecule has 1 aliphatic rings. The summed E-state index contributed by atoms with van der Waals surface area (Å²) in [6.07, 6.45) is 3.30. The Labute approximate surface area is 114 Å². The number of nitrogens with one attached hydrogen (secondary N) is 1.